The van der Waals surface area contributed by atoms with Crippen LogP contribution in [-0.4, -0.2) is 42.9 Å². The zero-order valence-electron chi connectivity index (χ0n) is 13.8. The largest absolute Gasteiger partial charge is 0.342 e. The summed E-state index contributed by atoms with van der Waals surface area (Å²) in [7, 11) is 0. The van der Waals surface area contributed by atoms with E-state index in [-0.39, 0.29) is 29.5 Å². The van der Waals surface area contributed by atoms with Crippen molar-refractivity contribution in [1.82, 2.24) is 10.2 Å². The van der Waals surface area contributed by atoms with Crippen molar-refractivity contribution in [2.75, 3.05) is 31.5 Å². The van der Waals surface area contributed by atoms with Gasteiger partial charge < -0.3 is 15.5 Å². The predicted molar refractivity (Wildman–Crippen MR) is 89.9 cm³/mol. The summed E-state index contributed by atoms with van der Waals surface area (Å²) < 4.78 is 12.9. The van der Waals surface area contributed by atoms with Crippen LogP contribution in [-0.2, 0) is 9.59 Å². The Hall–Kier alpha value is -1.95. The van der Waals surface area contributed by atoms with Gasteiger partial charge in [0.2, 0.25) is 11.8 Å². The van der Waals surface area contributed by atoms with E-state index in [4.69, 9.17) is 0 Å². The number of anilines is 1. The van der Waals surface area contributed by atoms with Crippen LogP contribution in [0.3, 0.4) is 0 Å². The van der Waals surface area contributed by atoms with Gasteiger partial charge in [-0.15, -0.1) is 0 Å². The molecule has 2 heterocycles. The van der Waals surface area contributed by atoms with Crippen molar-refractivity contribution in [1.29, 1.82) is 0 Å². The lowest BCUT2D eigenvalue weighted by atomic mass is 9.93. The highest BCUT2D eigenvalue weighted by atomic mass is 19.1. The molecule has 130 valence electrons. The van der Waals surface area contributed by atoms with Crippen LogP contribution in [0.15, 0.2) is 24.3 Å². The third-order valence-corrected chi connectivity index (χ3v) is 4.94. The van der Waals surface area contributed by atoms with Crippen molar-refractivity contribution < 1.29 is 14.0 Å². The summed E-state index contributed by atoms with van der Waals surface area (Å²) in [6.07, 6.45) is 3.36. The summed E-state index contributed by atoms with van der Waals surface area (Å²) >= 11 is 0. The smallest absolute Gasteiger partial charge is 0.227 e. The number of nitrogens with zero attached hydrogens (tertiary/aromatic N) is 1. The minimum absolute atomic E-state index is 0.0481. The van der Waals surface area contributed by atoms with E-state index in [1.807, 2.05) is 4.90 Å². The first-order valence-corrected chi connectivity index (χ1v) is 8.69. The van der Waals surface area contributed by atoms with Crippen LogP contribution in [0.25, 0.3) is 0 Å². The SMILES string of the molecule is O=C(Nc1ccc(F)cc1)C1CCN(C(=O)C2CCCNC2)CC1. The maximum absolute atomic E-state index is 12.9. The van der Waals surface area contributed by atoms with Gasteiger partial charge in [0.05, 0.1) is 5.92 Å². The lowest BCUT2D eigenvalue weighted by Crippen LogP contribution is -2.47. The number of rotatable bonds is 3. The van der Waals surface area contributed by atoms with E-state index in [1.54, 1.807) is 12.1 Å². The topological polar surface area (TPSA) is 61.4 Å². The number of piperidine rings is 2. The first-order chi connectivity index (χ1) is 11.6. The van der Waals surface area contributed by atoms with Crippen LogP contribution < -0.4 is 10.6 Å². The van der Waals surface area contributed by atoms with Gasteiger partial charge in [0.15, 0.2) is 0 Å². The maximum atomic E-state index is 12.9. The molecule has 0 bridgehead atoms. The molecule has 1 unspecified atom stereocenters. The molecule has 2 N–H and O–H groups in total. The summed E-state index contributed by atoms with van der Waals surface area (Å²) in [5.41, 5.74) is 0.605. The zero-order chi connectivity index (χ0) is 16.9. The molecule has 2 aliphatic rings. The third kappa shape index (κ3) is 4.12. The third-order valence-electron chi connectivity index (χ3n) is 4.94. The maximum Gasteiger partial charge on any atom is 0.227 e. The molecule has 0 radical (unpaired) electrons. The molecule has 2 fully saturated rings. The average Bonchev–Trinajstić information content (AvgIpc) is 2.64. The number of amides is 2. The van der Waals surface area contributed by atoms with E-state index in [9.17, 15) is 14.0 Å². The van der Waals surface area contributed by atoms with Gasteiger partial charge in [-0.3, -0.25) is 9.59 Å². The van der Waals surface area contributed by atoms with Crippen molar-refractivity contribution in [2.45, 2.75) is 25.7 Å². The lowest BCUT2D eigenvalue weighted by molar-refractivity contribution is -0.138. The Morgan fingerprint density at radius 1 is 1.08 bits per heavy atom. The molecule has 3 rings (SSSR count). The quantitative estimate of drug-likeness (QED) is 0.889. The van der Waals surface area contributed by atoms with Gasteiger partial charge in [-0.1, -0.05) is 0 Å². The van der Waals surface area contributed by atoms with E-state index in [0.717, 1.165) is 25.9 Å². The molecule has 2 amide bonds. The van der Waals surface area contributed by atoms with Crippen LogP contribution in [0, 0.1) is 17.7 Å². The van der Waals surface area contributed by atoms with Crippen LogP contribution in [0.2, 0.25) is 0 Å². The number of hydrogen-bond donors (Lipinski definition) is 2. The Morgan fingerprint density at radius 2 is 1.79 bits per heavy atom. The van der Waals surface area contributed by atoms with Crippen molar-refractivity contribution >= 4 is 17.5 Å². The Balaban J connectivity index is 1.48. The van der Waals surface area contributed by atoms with Gasteiger partial charge in [-0.25, -0.2) is 4.39 Å². The molecule has 1 atom stereocenters. The van der Waals surface area contributed by atoms with Crippen molar-refractivity contribution in [3.63, 3.8) is 0 Å². The standard InChI is InChI=1S/C18H24FN3O2/c19-15-3-5-16(6-4-15)21-17(23)13-7-10-22(11-8-13)18(24)14-2-1-9-20-12-14/h3-6,13-14,20H,1-2,7-12H2,(H,21,23). The lowest BCUT2D eigenvalue weighted by Gasteiger charge is -2.34. The first kappa shape index (κ1) is 16.9. The number of nitrogens with one attached hydrogen (secondary N) is 2. The number of benzene rings is 1. The molecule has 2 aliphatic heterocycles. The fourth-order valence-corrected chi connectivity index (χ4v) is 3.46. The zero-order valence-corrected chi connectivity index (χ0v) is 13.8. The van der Waals surface area contributed by atoms with Gasteiger partial charge in [0.1, 0.15) is 5.82 Å². The fraction of sp³-hybridized carbons (Fsp3) is 0.556. The van der Waals surface area contributed by atoms with Gasteiger partial charge in [0.25, 0.3) is 0 Å². The van der Waals surface area contributed by atoms with Crippen molar-refractivity contribution in [3.8, 4) is 0 Å². The predicted octanol–water partition coefficient (Wildman–Crippen LogP) is 2.00. The second-order valence-electron chi connectivity index (χ2n) is 6.64. The van der Waals surface area contributed by atoms with Gasteiger partial charge >= 0.3 is 0 Å². The number of likely N-dealkylation sites (tertiary alicyclic amines) is 1. The molecule has 2 saturated heterocycles. The van der Waals surface area contributed by atoms with Crippen molar-refractivity contribution in [3.05, 3.63) is 30.1 Å². The first-order valence-electron chi connectivity index (χ1n) is 8.69. The Morgan fingerprint density at radius 3 is 2.42 bits per heavy atom. The van der Waals surface area contributed by atoms with E-state index in [1.165, 1.54) is 12.1 Å². The molecule has 5 nitrogen and oxygen atoms in total. The molecule has 1 aromatic carbocycles. The molecule has 0 spiro atoms. The molecule has 24 heavy (non-hydrogen) atoms. The number of halogens is 1. The normalized spacial score (nSPS) is 22.2. The van der Waals surface area contributed by atoms with Gasteiger partial charge in [-0.05, 0) is 56.5 Å². The van der Waals surface area contributed by atoms with E-state index in [2.05, 4.69) is 10.6 Å². The summed E-state index contributed by atoms with van der Waals surface area (Å²) in [6.45, 7) is 3.03. The summed E-state index contributed by atoms with van der Waals surface area (Å²) in [6, 6.07) is 5.77. The number of carbonyl (C=O) groups excluding carboxylic acids is 2. The molecule has 0 saturated carbocycles. The fourth-order valence-electron chi connectivity index (χ4n) is 3.46. The summed E-state index contributed by atoms with van der Waals surface area (Å²) in [5, 5.41) is 6.10. The van der Waals surface area contributed by atoms with Crippen LogP contribution >= 0.6 is 0 Å². The molecule has 6 heteroatoms. The Labute approximate surface area is 141 Å². The number of carbonyl (C=O) groups is 2. The second kappa shape index (κ2) is 7.75. The molecule has 1 aromatic rings. The number of hydrogen-bond acceptors (Lipinski definition) is 3. The van der Waals surface area contributed by atoms with E-state index >= 15 is 0 Å². The van der Waals surface area contributed by atoms with Crippen LogP contribution in [0.5, 0.6) is 0 Å². The highest BCUT2D eigenvalue weighted by Gasteiger charge is 2.31. The monoisotopic (exact) mass is 333 g/mol. The molecule has 0 aliphatic carbocycles. The van der Waals surface area contributed by atoms with E-state index < -0.39 is 0 Å². The highest BCUT2D eigenvalue weighted by molar-refractivity contribution is 5.92. The summed E-state index contributed by atoms with van der Waals surface area (Å²) in [5.74, 6) is -0.156. The molecule has 0 aromatic heterocycles. The molecular weight excluding hydrogens is 309 g/mol. The highest BCUT2D eigenvalue weighted by Crippen LogP contribution is 2.22. The van der Waals surface area contributed by atoms with Crippen LogP contribution in [0.4, 0.5) is 10.1 Å². The van der Waals surface area contributed by atoms with Gasteiger partial charge in [0, 0.05) is 31.2 Å². The van der Waals surface area contributed by atoms with Crippen molar-refractivity contribution in [2.24, 2.45) is 11.8 Å². The average molecular weight is 333 g/mol. The molecular formula is C18H24FN3O2. The van der Waals surface area contributed by atoms with E-state index in [0.29, 0.717) is 31.6 Å². The minimum atomic E-state index is -0.322. The second-order valence-corrected chi connectivity index (χ2v) is 6.64. The van der Waals surface area contributed by atoms with Gasteiger partial charge in [-0.2, -0.15) is 0 Å². The minimum Gasteiger partial charge on any atom is -0.342 e. The Bertz CT molecular complexity index is 576. The Kier molecular flexibility index (Phi) is 5.45. The van der Waals surface area contributed by atoms with Crippen LogP contribution in [0.1, 0.15) is 25.7 Å². The summed E-state index contributed by atoms with van der Waals surface area (Å²) in [4.78, 5) is 26.7.